The molecule has 0 aliphatic heterocycles. The maximum atomic E-state index is 2.47. The summed E-state index contributed by atoms with van der Waals surface area (Å²) in [4.78, 5) is 0. The minimum absolute atomic E-state index is 0.607. The maximum Gasteiger partial charge on any atom is -0.0321 e. The van der Waals surface area contributed by atoms with Crippen LogP contribution in [0.15, 0.2) is 0 Å². The summed E-state index contributed by atoms with van der Waals surface area (Å²) in [6.07, 6.45) is 5.65. The highest BCUT2D eigenvalue weighted by Gasteiger charge is 2.41. The van der Waals surface area contributed by atoms with E-state index in [9.17, 15) is 0 Å². The monoisotopic (exact) mass is 182 g/mol. The van der Waals surface area contributed by atoms with Crippen LogP contribution in [-0.4, -0.2) is 0 Å². The maximum absolute atomic E-state index is 2.47. The molecule has 78 valence electrons. The average Bonchev–Trinajstić information content (AvgIpc) is 2.28. The van der Waals surface area contributed by atoms with Crippen LogP contribution >= 0.6 is 0 Å². The highest BCUT2D eigenvalue weighted by atomic mass is 14.5. The second kappa shape index (κ2) is 4.02. The van der Waals surface area contributed by atoms with E-state index in [0.29, 0.717) is 5.41 Å². The van der Waals surface area contributed by atoms with E-state index in [0.717, 1.165) is 17.8 Å². The van der Waals surface area contributed by atoms with Crippen LogP contribution in [0.25, 0.3) is 0 Å². The summed E-state index contributed by atoms with van der Waals surface area (Å²) in [7, 11) is 0. The van der Waals surface area contributed by atoms with Gasteiger partial charge in [-0.3, -0.25) is 0 Å². The van der Waals surface area contributed by atoms with E-state index in [1.165, 1.54) is 25.7 Å². The molecular weight excluding hydrogens is 156 g/mol. The van der Waals surface area contributed by atoms with E-state index in [4.69, 9.17) is 0 Å². The predicted molar refractivity (Wildman–Crippen MR) is 59.7 cm³/mol. The lowest BCUT2D eigenvalue weighted by molar-refractivity contribution is 0.168. The molecule has 0 aromatic carbocycles. The Labute approximate surface area is 84.1 Å². The topological polar surface area (TPSA) is 0 Å². The number of hydrogen-bond acceptors (Lipinski definition) is 0. The van der Waals surface area contributed by atoms with Crippen molar-refractivity contribution in [3.63, 3.8) is 0 Å². The Morgan fingerprint density at radius 3 is 2.08 bits per heavy atom. The van der Waals surface area contributed by atoms with Gasteiger partial charge in [-0.1, -0.05) is 47.5 Å². The smallest absolute Gasteiger partial charge is 0.0321 e. The molecule has 1 aliphatic carbocycles. The van der Waals surface area contributed by atoms with E-state index in [2.05, 4.69) is 34.6 Å². The summed E-state index contributed by atoms with van der Waals surface area (Å²) in [6, 6.07) is 0. The first-order chi connectivity index (χ1) is 6.01. The second-order valence-corrected chi connectivity index (χ2v) is 5.72. The summed E-state index contributed by atoms with van der Waals surface area (Å²) < 4.78 is 0. The van der Waals surface area contributed by atoms with Gasteiger partial charge in [0.25, 0.3) is 0 Å². The fourth-order valence-corrected chi connectivity index (χ4v) is 3.57. The van der Waals surface area contributed by atoms with Gasteiger partial charge in [-0.25, -0.2) is 0 Å². The van der Waals surface area contributed by atoms with Crippen LogP contribution in [0.2, 0.25) is 0 Å². The van der Waals surface area contributed by atoms with E-state index < -0.39 is 0 Å². The molecule has 0 saturated heterocycles. The van der Waals surface area contributed by atoms with E-state index in [1.807, 2.05) is 0 Å². The molecular formula is C13H26. The number of hydrogen-bond donors (Lipinski definition) is 0. The molecule has 0 aromatic rings. The van der Waals surface area contributed by atoms with Gasteiger partial charge < -0.3 is 0 Å². The molecule has 0 aromatic heterocycles. The Hall–Kier alpha value is 0. The molecule has 0 nitrogen and oxygen atoms in total. The zero-order chi connectivity index (χ0) is 10.1. The van der Waals surface area contributed by atoms with Gasteiger partial charge in [-0.15, -0.1) is 0 Å². The molecule has 1 aliphatic rings. The fraction of sp³-hybridized carbons (Fsp3) is 1.00. The van der Waals surface area contributed by atoms with E-state index in [-0.39, 0.29) is 0 Å². The molecule has 13 heavy (non-hydrogen) atoms. The molecule has 2 unspecified atom stereocenters. The highest BCUT2D eigenvalue weighted by Crippen LogP contribution is 2.50. The van der Waals surface area contributed by atoms with Crippen molar-refractivity contribution in [1.82, 2.24) is 0 Å². The molecule has 0 bridgehead atoms. The van der Waals surface area contributed by atoms with Gasteiger partial charge in [-0.2, -0.15) is 0 Å². The molecule has 0 amide bonds. The standard InChI is InChI=1S/C13H26/c1-6-11(7-2)12-8-10(3)9-13(12,4)5/h10-12H,6-9H2,1-5H3. The molecule has 0 radical (unpaired) electrons. The van der Waals surface area contributed by atoms with Crippen LogP contribution in [-0.2, 0) is 0 Å². The Kier molecular flexibility index (Phi) is 3.43. The molecule has 1 saturated carbocycles. The van der Waals surface area contributed by atoms with Gasteiger partial charge in [0.05, 0.1) is 0 Å². The van der Waals surface area contributed by atoms with Crippen molar-refractivity contribution in [1.29, 1.82) is 0 Å². The van der Waals surface area contributed by atoms with Crippen molar-refractivity contribution in [3.05, 3.63) is 0 Å². The Morgan fingerprint density at radius 1 is 1.23 bits per heavy atom. The molecule has 0 spiro atoms. The normalized spacial score (nSPS) is 32.8. The summed E-state index contributed by atoms with van der Waals surface area (Å²) in [5, 5.41) is 0. The van der Waals surface area contributed by atoms with Gasteiger partial charge >= 0.3 is 0 Å². The molecule has 1 fully saturated rings. The Bertz CT molecular complexity index is 153. The number of rotatable bonds is 3. The van der Waals surface area contributed by atoms with Crippen LogP contribution in [0.4, 0.5) is 0 Å². The van der Waals surface area contributed by atoms with Crippen LogP contribution in [0.3, 0.4) is 0 Å². The first kappa shape index (κ1) is 11.1. The van der Waals surface area contributed by atoms with Gasteiger partial charge in [0.2, 0.25) is 0 Å². The van der Waals surface area contributed by atoms with Gasteiger partial charge in [-0.05, 0) is 36.0 Å². The SMILES string of the molecule is CCC(CC)C1CC(C)CC1(C)C. The molecule has 0 heterocycles. The Morgan fingerprint density at radius 2 is 1.77 bits per heavy atom. The van der Waals surface area contributed by atoms with Crippen molar-refractivity contribution >= 4 is 0 Å². The lowest BCUT2D eigenvalue weighted by Gasteiger charge is -2.33. The van der Waals surface area contributed by atoms with Crippen LogP contribution in [0.5, 0.6) is 0 Å². The van der Waals surface area contributed by atoms with Crippen molar-refractivity contribution in [2.24, 2.45) is 23.2 Å². The largest absolute Gasteiger partial charge is 0.0651 e. The minimum Gasteiger partial charge on any atom is -0.0651 e. The van der Waals surface area contributed by atoms with Crippen molar-refractivity contribution in [2.45, 2.75) is 60.3 Å². The summed E-state index contributed by atoms with van der Waals surface area (Å²) in [5.41, 5.74) is 0.607. The van der Waals surface area contributed by atoms with Gasteiger partial charge in [0.1, 0.15) is 0 Å². The fourth-order valence-electron chi connectivity index (χ4n) is 3.57. The lowest BCUT2D eigenvalue weighted by Crippen LogP contribution is -2.24. The highest BCUT2D eigenvalue weighted by molar-refractivity contribution is 4.91. The summed E-state index contributed by atoms with van der Waals surface area (Å²) in [5.74, 6) is 2.91. The van der Waals surface area contributed by atoms with Crippen molar-refractivity contribution in [2.75, 3.05) is 0 Å². The zero-order valence-corrected chi connectivity index (χ0v) is 10.1. The summed E-state index contributed by atoms with van der Waals surface area (Å²) in [6.45, 7) is 12.1. The van der Waals surface area contributed by atoms with Crippen LogP contribution < -0.4 is 0 Å². The first-order valence-electron chi connectivity index (χ1n) is 6.01. The minimum atomic E-state index is 0.607. The Balaban J connectivity index is 2.67. The average molecular weight is 182 g/mol. The first-order valence-corrected chi connectivity index (χ1v) is 6.01. The second-order valence-electron chi connectivity index (χ2n) is 5.72. The van der Waals surface area contributed by atoms with Crippen molar-refractivity contribution < 1.29 is 0 Å². The predicted octanol–water partition coefficient (Wildman–Crippen LogP) is 4.49. The van der Waals surface area contributed by atoms with Crippen LogP contribution in [0.1, 0.15) is 60.3 Å². The van der Waals surface area contributed by atoms with Crippen molar-refractivity contribution in [3.8, 4) is 0 Å². The molecule has 2 atom stereocenters. The quantitative estimate of drug-likeness (QED) is 0.603. The van der Waals surface area contributed by atoms with Gasteiger partial charge in [0, 0.05) is 0 Å². The summed E-state index contributed by atoms with van der Waals surface area (Å²) >= 11 is 0. The molecule has 0 heteroatoms. The third kappa shape index (κ3) is 2.27. The van der Waals surface area contributed by atoms with Crippen LogP contribution in [0, 0.1) is 23.2 Å². The third-order valence-electron chi connectivity index (χ3n) is 4.15. The molecule has 0 N–H and O–H groups in total. The lowest BCUT2D eigenvalue weighted by atomic mass is 9.72. The molecule has 1 rings (SSSR count). The van der Waals surface area contributed by atoms with Gasteiger partial charge in [0.15, 0.2) is 0 Å². The van der Waals surface area contributed by atoms with E-state index >= 15 is 0 Å². The van der Waals surface area contributed by atoms with E-state index in [1.54, 1.807) is 0 Å². The zero-order valence-electron chi connectivity index (χ0n) is 10.1. The third-order valence-corrected chi connectivity index (χ3v) is 4.15.